The lowest BCUT2D eigenvalue weighted by Crippen LogP contribution is -2.51. The van der Waals surface area contributed by atoms with Gasteiger partial charge in [0.1, 0.15) is 15.9 Å². The predicted molar refractivity (Wildman–Crippen MR) is 124 cm³/mol. The van der Waals surface area contributed by atoms with E-state index in [0.717, 1.165) is 21.8 Å². The number of halogens is 1. The van der Waals surface area contributed by atoms with Crippen LogP contribution in [-0.2, 0) is 9.53 Å². The predicted octanol–water partition coefficient (Wildman–Crippen LogP) is 4.51. The van der Waals surface area contributed by atoms with Crippen molar-refractivity contribution in [1.29, 1.82) is 0 Å². The van der Waals surface area contributed by atoms with E-state index in [1.54, 1.807) is 23.5 Å². The molecular formula is C22H22ClN3O3S2. The second-order valence-electron chi connectivity index (χ2n) is 7.25. The molecule has 1 atom stereocenters. The average Bonchev–Trinajstić information content (AvgIpc) is 3.45. The number of ether oxygens (including phenoxy) is 1. The lowest BCUT2D eigenvalue weighted by atomic mass is 10.0. The monoisotopic (exact) mass is 475 g/mol. The maximum atomic E-state index is 13.2. The summed E-state index contributed by atoms with van der Waals surface area (Å²) in [5.74, 6) is -0.321. The number of esters is 1. The molecule has 0 spiro atoms. The third kappa shape index (κ3) is 4.67. The van der Waals surface area contributed by atoms with Gasteiger partial charge in [0, 0.05) is 42.1 Å². The molecule has 1 unspecified atom stereocenters. The van der Waals surface area contributed by atoms with Gasteiger partial charge in [-0.3, -0.25) is 9.69 Å². The Morgan fingerprint density at radius 1 is 1.13 bits per heavy atom. The Kier molecular flexibility index (Phi) is 6.71. The summed E-state index contributed by atoms with van der Waals surface area (Å²) in [4.78, 5) is 34.8. The number of carbonyl (C=O) groups is 2. The molecule has 31 heavy (non-hydrogen) atoms. The number of carbonyl (C=O) groups excluding carboxylic acids is 2. The number of aromatic nitrogens is 1. The van der Waals surface area contributed by atoms with Gasteiger partial charge in [-0.2, -0.15) is 11.3 Å². The number of aryl methyl sites for hydroxylation is 1. The van der Waals surface area contributed by atoms with Crippen molar-refractivity contribution in [2.45, 2.75) is 13.0 Å². The molecule has 1 saturated heterocycles. The highest BCUT2D eigenvalue weighted by molar-refractivity contribution is 7.17. The van der Waals surface area contributed by atoms with E-state index in [-0.39, 0.29) is 11.9 Å². The fraction of sp³-hybridized carbons (Fsp3) is 0.318. The number of amides is 1. The quantitative estimate of drug-likeness (QED) is 0.508. The minimum absolute atomic E-state index is 0.00256. The molecule has 4 rings (SSSR count). The molecule has 1 aliphatic rings. The number of piperazine rings is 1. The fourth-order valence-corrected chi connectivity index (χ4v) is 5.56. The Labute approximate surface area is 194 Å². The summed E-state index contributed by atoms with van der Waals surface area (Å²) in [6.07, 6.45) is 0. The van der Waals surface area contributed by atoms with Crippen LogP contribution in [0.4, 0.5) is 0 Å². The fourth-order valence-electron chi connectivity index (χ4n) is 3.68. The Balaban J connectivity index is 1.46. The van der Waals surface area contributed by atoms with E-state index in [2.05, 4.69) is 9.88 Å². The van der Waals surface area contributed by atoms with Gasteiger partial charge >= 0.3 is 5.97 Å². The molecule has 1 aliphatic heterocycles. The van der Waals surface area contributed by atoms with Crippen LogP contribution in [-0.4, -0.2) is 59.9 Å². The van der Waals surface area contributed by atoms with Gasteiger partial charge in [-0.1, -0.05) is 23.7 Å². The first kappa shape index (κ1) is 22.0. The lowest BCUT2D eigenvalue weighted by molar-refractivity contribution is -0.148. The van der Waals surface area contributed by atoms with Crippen LogP contribution in [0.5, 0.6) is 0 Å². The van der Waals surface area contributed by atoms with Crippen molar-refractivity contribution < 1.29 is 14.3 Å². The summed E-state index contributed by atoms with van der Waals surface area (Å²) < 4.78 is 5.05. The maximum absolute atomic E-state index is 13.2. The maximum Gasteiger partial charge on any atom is 0.327 e. The zero-order chi connectivity index (χ0) is 22.0. The van der Waals surface area contributed by atoms with Crippen molar-refractivity contribution in [3.63, 3.8) is 0 Å². The average molecular weight is 476 g/mol. The lowest BCUT2D eigenvalue weighted by Gasteiger charge is -2.38. The molecule has 9 heteroatoms. The minimum atomic E-state index is -0.519. The van der Waals surface area contributed by atoms with Crippen LogP contribution in [0.2, 0.25) is 5.02 Å². The molecule has 1 aromatic carbocycles. The van der Waals surface area contributed by atoms with Crippen LogP contribution in [0.1, 0.15) is 27.0 Å². The standard InChI is InChI=1S/C22H22ClN3O3S2/c1-14-19(31-20(24-14)16-7-12-30-13-16)21(27)26-10-8-25(9-11-26)18(22(28)29-2)15-3-5-17(23)6-4-15/h3-7,12-13,18H,8-11H2,1-2H3. The summed E-state index contributed by atoms with van der Waals surface area (Å²) in [6.45, 7) is 4.09. The smallest absolute Gasteiger partial charge is 0.327 e. The van der Waals surface area contributed by atoms with Crippen LogP contribution in [0.3, 0.4) is 0 Å². The van der Waals surface area contributed by atoms with Gasteiger partial charge in [-0.25, -0.2) is 9.78 Å². The van der Waals surface area contributed by atoms with Crippen LogP contribution in [0.25, 0.3) is 10.6 Å². The number of nitrogens with zero attached hydrogens (tertiary/aromatic N) is 3. The number of rotatable bonds is 5. The second-order valence-corrected chi connectivity index (χ2v) is 9.47. The number of thiophene rings is 1. The molecule has 0 aliphatic carbocycles. The number of hydrogen-bond acceptors (Lipinski definition) is 7. The minimum Gasteiger partial charge on any atom is -0.468 e. The molecule has 1 amide bonds. The highest BCUT2D eigenvalue weighted by Crippen LogP contribution is 2.31. The Hall–Kier alpha value is -2.26. The van der Waals surface area contributed by atoms with Gasteiger partial charge in [0.25, 0.3) is 5.91 Å². The molecule has 2 aromatic heterocycles. The molecule has 1 fully saturated rings. The van der Waals surface area contributed by atoms with E-state index < -0.39 is 6.04 Å². The van der Waals surface area contributed by atoms with Gasteiger partial charge in [0.15, 0.2) is 0 Å². The van der Waals surface area contributed by atoms with Gasteiger partial charge in [-0.15, -0.1) is 11.3 Å². The first-order chi connectivity index (χ1) is 15.0. The van der Waals surface area contributed by atoms with Crippen molar-refractivity contribution >= 4 is 46.2 Å². The topological polar surface area (TPSA) is 62.7 Å². The molecule has 0 N–H and O–H groups in total. The first-order valence-corrected chi connectivity index (χ1v) is 12.0. The van der Waals surface area contributed by atoms with Crippen LogP contribution < -0.4 is 0 Å². The highest BCUT2D eigenvalue weighted by Gasteiger charge is 2.33. The first-order valence-electron chi connectivity index (χ1n) is 9.84. The third-order valence-corrected chi connectivity index (χ3v) is 7.47. The zero-order valence-corrected chi connectivity index (χ0v) is 19.6. The highest BCUT2D eigenvalue weighted by atomic mass is 35.5. The van der Waals surface area contributed by atoms with Crippen LogP contribution >= 0.6 is 34.3 Å². The van der Waals surface area contributed by atoms with E-state index >= 15 is 0 Å². The van der Waals surface area contributed by atoms with Crippen molar-refractivity contribution in [1.82, 2.24) is 14.8 Å². The summed E-state index contributed by atoms with van der Waals surface area (Å²) in [7, 11) is 1.39. The van der Waals surface area contributed by atoms with Crippen molar-refractivity contribution in [2.75, 3.05) is 33.3 Å². The molecule has 3 heterocycles. The molecular weight excluding hydrogens is 454 g/mol. The Bertz CT molecular complexity index is 1060. The van der Waals surface area contributed by atoms with E-state index in [4.69, 9.17) is 16.3 Å². The Morgan fingerprint density at radius 3 is 2.45 bits per heavy atom. The number of methoxy groups -OCH3 is 1. The summed E-state index contributed by atoms with van der Waals surface area (Å²) in [5.41, 5.74) is 2.63. The summed E-state index contributed by atoms with van der Waals surface area (Å²) in [6, 6.07) is 8.71. The Morgan fingerprint density at radius 2 is 1.84 bits per heavy atom. The molecule has 0 saturated carbocycles. The number of hydrogen-bond donors (Lipinski definition) is 0. The van der Waals surface area contributed by atoms with Crippen LogP contribution in [0, 0.1) is 6.92 Å². The van der Waals surface area contributed by atoms with Gasteiger partial charge in [0.05, 0.1) is 12.8 Å². The van der Waals surface area contributed by atoms with E-state index in [0.29, 0.717) is 36.1 Å². The molecule has 3 aromatic rings. The molecule has 6 nitrogen and oxygen atoms in total. The van der Waals surface area contributed by atoms with Gasteiger partial charge in [-0.05, 0) is 36.1 Å². The normalized spacial score (nSPS) is 15.6. The molecule has 0 radical (unpaired) electrons. The van der Waals surface area contributed by atoms with E-state index in [9.17, 15) is 9.59 Å². The number of thiazole rings is 1. The molecule has 162 valence electrons. The van der Waals surface area contributed by atoms with E-state index in [1.807, 2.05) is 40.8 Å². The van der Waals surface area contributed by atoms with Gasteiger partial charge in [0.2, 0.25) is 0 Å². The van der Waals surface area contributed by atoms with Crippen molar-refractivity contribution in [3.8, 4) is 10.6 Å². The van der Waals surface area contributed by atoms with Crippen molar-refractivity contribution in [2.24, 2.45) is 0 Å². The zero-order valence-electron chi connectivity index (χ0n) is 17.2. The summed E-state index contributed by atoms with van der Waals surface area (Å²) in [5, 5.41) is 5.53. The van der Waals surface area contributed by atoms with Crippen LogP contribution in [0.15, 0.2) is 41.1 Å². The third-order valence-electron chi connectivity index (χ3n) is 5.34. The largest absolute Gasteiger partial charge is 0.468 e. The molecule has 0 bridgehead atoms. The second kappa shape index (κ2) is 9.48. The van der Waals surface area contributed by atoms with Crippen molar-refractivity contribution in [3.05, 3.63) is 62.2 Å². The SMILES string of the molecule is COC(=O)C(c1ccc(Cl)cc1)N1CCN(C(=O)c2sc(-c3ccsc3)nc2C)CC1. The van der Waals surface area contributed by atoms with E-state index in [1.165, 1.54) is 18.4 Å². The van der Waals surface area contributed by atoms with Gasteiger partial charge < -0.3 is 9.64 Å². The number of benzene rings is 1. The summed E-state index contributed by atoms with van der Waals surface area (Å²) >= 11 is 9.05.